The van der Waals surface area contributed by atoms with Crippen LogP contribution in [0.15, 0.2) is 0 Å². The van der Waals surface area contributed by atoms with E-state index in [2.05, 4.69) is 41.5 Å². The molecule has 0 fully saturated rings. The molecule has 0 radical (unpaired) electrons. The van der Waals surface area contributed by atoms with Crippen molar-refractivity contribution in [3.05, 3.63) is 30.6 Å². The second-order valence-corrected chi connectivity index (χ2v) is 9.75. The van der Waals surface area contributed by atoms with Gasteiger partial charge in [-0.25, -0.2) is 0 Å². The third-order valence-corrected chi connectivity index (χ3v) is 6.55. The van der Waals surface area contributed by atoms with Gasteiger partial charge in [-0.05, 0) is 80.4 Å². The average molecular weight is 413 g/mol. The Kier molecular flexibility index (Phi) is 10.3. The molecule has 2 aromatic rings. The first-order valence-electron chi connectivity index (χ1n) is 8.89. The lowest BCUT2D eigenvalue weighted by Gasteiger charge is -2.28. The molecule has 0 amide bonds. The van der Waals surface area contributed by atoms with Crippen LogP contribution in [0.2, 0.25) is 0 Å². The van der Waals surface area contributed by atoms with Gasteiger partial charge >= 0.3 is 0 Å². The quantitative estimate of drug-likeness (QED) is 0.462. The maximum atomic E-state index is 9.44. The highest BCUT2D eigenvalue weighted by Gasteiger charge is 2.28. The first kappa shape index (κ1) is 25.7. The Morgan fingerprint density at radius 1 is 0.704 bits per heavy atom. The van der Waals surface area contributed by atoms with Crippen molar-refractivity contribution in [2.45, 2.75) is 88.9 Å². The highest BCUT2D eigenvalue weighted by atomic mass is 32.1. The van der Waals surface area contributed by atoms with Gasteiger partial charge in [0.1, 0.15) is 18.0 Å². The predicted octanol–water partition coefficient (Wildman–Crippen LogP) is 7.13. The molecule has 2 unspecified atom stereocenters. The maximum Gasteiger partial charge on any atom is 0.175 e. The molecule has 0 aromatic carbocycles. The molecule has 0 spiro atoms. The van der Waals surface area contributed by atoms with Crippen molar-refractivity contribution < 1.29 is 14.3 Å². The van der Waals surface area contributed by atoms with E-state index in [1.165, 1.54) is 44.5 Å². The molecule has 0 saturated carbocycles. The number of carbonyl (C=O) groups is 1. The predicted molar refractivity (Wildman–Crippen MR) is 120 cm³/mol. The van der Waals surface area contributed by atoms with Crippen LogP contribution >= 0.6 is 22.7 Å². The molecule has 2 aromatic heterocycles. The van der Waals surface area contributed by atoms with Gasteiger partial charge in [-0.2, -0.15) is 0 Å². The van der Waals surface area contributed by atoms with E-state index < -0.39 is 0 Å². The lowest BCUT2D eigenvalue weighted by molar-refractivity contribution is -0.114. The molecule has 0 saturated heterocycles. The van der Waals surface area contributed by atoms with Crippen LogP contribution in [-0.2, 0) is 4.79 Å². The Bertz CT molecular complexity index is 699. The molecule has 27 heavy (non-hydrogen) atoms. The summed E-state index contributed by atoms with van der Waals surface area (Å²) in [6, 6.07) is 0. The van der Waals surface area contributed by atoms with E-state index in [0.29, 0.717) is 0 Å². The highest BCUT2D eigenvalue weighted by molar-refractivity contribution is 7.12. The van der Waals surface area contributed by atoms with Gasteiger partial charge in [-0.15, -0.1) is 22.7 Å². The largest absolute Gasteiger partial charge is 0.482 e. The lowest BCUT2D eigenvalue weighted by Crippen LogP contribution is -2.34. The highest BCUT2D eigenvalue weighted by Crippen LogP contribution is 2.44. The van der Waals surface area contributed by atoms with E-state index in [0.717, 1.165) is 11.5 Å². The summed E-state index contributed by atoms with van der Waals surface area (Å²) in [5.41, 5.74) is 2.94. The number of ether oxygens (including phenoxy) is 2. The summed E-state index contributed by atoms with van der Waals surface area (Å²) >= 11 is 3.63. The standard InChI is InChI=1S/C10H14O2S.C8H12S.C3H6O.CH4/c1-5-6(2)12-10-8(4)13-7(3)9(10)11-5;1-5-6(2)8(4)9-7(5)3;1-3(2)4;/h5-6H,1-4H3;1-4H3;1-2H3;1H4. The fraction of sp³-hybridized carbons (Fsp3) is 0.591. The van der Waals surface area contributed by atoms with E-state index in [-0.39, 0.29) is 25.4 Å². The number of carbonyl (C=O) groups excluding carboxylic acids is 1. The normalized spacial score (nSPS) is 17.0. The van der Waals surface area contributed by atoms with E-state index in [4.69, 9.17) is 9.47 Å². The Balaban J connectivity index is 0.000000424. The third-order valence-electron chi connectivity index (χ3n) is 4.35. The minimum atomic E-state index is 0. The van der Waals surface area contributed by atoms with Gasteiger partial charge in [0.15, 0.2) is 11.5 Å². The SMILES string of the molecule is C.CC(C)=O.Cc1sc(C)c(C)c1C.Cc1sc(C)c2c1OC(C)C(C)O2. The summed E-state index contributed by atoms with van der Waals surface area (Å²) in [6.07, 6.45) is 0.306. The van der Waals surface area contributed by atoms with Gasteiger partial charge in [0.25, 0.3) is 0 Å². The molecule has 0 bridgehead atoms. The summed E-state index contributed by atoms with van der Waals surface area (Å²) in [6.45, 7) is 20.0. The van der Waals surface area contributed by atoms with Crippen LogP contribution in [0.1, 0.15) is 65.8 Å². The molecule has 3 rings (SSSR count). The molecule has 2 atom stereocenters. The molecule has 0 aliphatic carbocycles. The van der Waals surface area contributed by atoms with Crippen LogP contribution in [0.3, 0.4) is 0 Å². The van der Waals surface area contributed by atoms with Crippen LogP contribution < -0.4 is 9.47 Å². The smallest absolute Gasteiger partial charge is 0.175 e. The summed E-state index contributed by atoms with van der Waals surface area (Å²) in [4.78, 5) is 14.8. The second-order valence-electron chi connectivity index (χ2n) is 6.89. The topological polar surface area (TPSA) is 35.5 Å². The molecule has 1 aliphatic heterocycles. The van der Waals surface area contributed by atoms with Gasteiger partial charge in [0.05, 0.1) is 0 Å². The van der Waals surface area contributed by atoms with E-state index in [1.807, 2.05) is 25.2 Å². The van der Waals surface area contributed by atoms with Gasteiger partial charge < -0.3 is 14.3 Å². The monoisotopic (exact) mass is 412 g/mol. The number of aryl methyl sites for hydroxylation is 4. The lowest BCUT2D eigenvalue weighted by atomic mass is 10.2. The Hall–Kier alpha value is -1.33. The number of thiophene rings is 2. The van der Waals surface area contributed by atoms with Gasteiger partial charge in [-0.3, -0.25) is 0 Å². The first-order valence-corrected chi connectivity index (χ1v) is 10.5. The van der Waals surface area contributed by atoms with Crippen molar-refractivity contribution >= 4 is 28.5 Å². The Morgan fingerprint density at radius 3 is 1.19 bits per heavy atom. The summed E-state index contributed by atoms with van der Waals surface area (Å²) in [5.74, 6) is 2.07. The first-order chi connectivity index (χ1) is 12.0. The zero-order chi connectivity index (χ0) is 20.2. The second kappa shape index (κ2) is 10.9. The zero-order valence-corrected chi connectivity index (χ0v) is 19.3. The molecule has 5 heteroatoms. The van der Waals surface area contributed by atoms with Crippen molar-refractivity contribution in [2.24, 2.45) is 0 Å². The number of Topliss-reactive ketones (excluding diaryl/α,β-unsaturated/α-hetero) is 1. The molecule has 154 valence electrons. The Labute approximate surface area is 173 Å². The Morgan fingerprint density at radius 2 is 0.963 bits per heavy atom. The summed E-state index contributed by atoms with van der Waals surface area (Å²) < 4.78 is 11.6. The van der Waals surface area contributed by atoms with Crippen LogP contribution in [0.25, 0.3) is 0 Å². The molecular formula is C22H36O3S2. The summed E-state index contributed by atoms with van der Waals surface area (Å²) in [5, 5.41) is 0. The van der Waals surface area contributed by atoms with Crippen LogP contribution in [-0.4, -0.2) is 18.0 Å². The van der Waals surface area contributed by atoms with Crippen molar-refractivity contribution in [1.82, 2.24) is 0 Å². The van der Waals surface area contributed by atoms with Crippen molar-refractivity contribution in [1.29, 1.82) is 0 Å². The van der Waals surface area contributed by atoms with Gasteiger partial charge in [-0.1, -0.05) is 7.43 Å². The molecule has 1 aliphatic rings. The van der Waals surface area contributed by atoms with Crippen LogP contribution in [0.5, 0.6) is 11.5 Å². The summed E-state index contributed by atoms with van der Waals surface area (Å²) in [7, 11) is 0. The van der Waals surface area contributed by atoms with Crippen molar-refractivity contribution in [3.8, 4) is 11.5 Å². The fourth-order valence-electron chi connectivity index (χ4n) is 2.39. The maximum absolute atomic E-state index is 9.44. The van der Waals surface area contributed by atoms with Gasteiger partial charge in [0, 0.05) is 19.5 Å². The average Bonchev–Trinajstić information content (AvgIpc) is 2.91. The van der Waals surface area contributed by atoms with Crippen molar-refractivity contribution in [2.75, 3.05) is 0 Å². The van der Waals surface area contributed by atoms with Gasteiger partial charge in [0.2, 0.25) is 0 Å². The van der Waals surface area contributed by atoms with E-state index >= 15 is 0 Å². The molecule has 3 nitrogen and oxygen atoms in total. The third kappa shape index (κ3) is 6.96. The number of hydrogen-bond donors (Lipinski definition) is 0. The minimum Gasteiger partial charge on any atom is -0.482 e. The van der Waals surface area contributed by atoms with E-state index in [1.54, 1.807) is 11.3 Å². The molecule has 3 heterocycles. The number of fused-ring (bicyclic) bond motifs is 1. The fourth-order valence-corrected chi connectivity index (χ4v) is 4.39. The van der Waals surface area contributed by atoms with E-state index in [9.17, 15) is 4.79 Å². The molecular weight excluding hydrogens is 376 g/mol. The number of hydrogen-bond acceptors (Lipinski definition) is 5. The van der Waals surface area contributed by atoms with Crippen LogP contribution in [0, 0.1) is 41.5 Å². The molecule has 0 N–H and O–H groups in total. The van der Waals surface area contributed by atoms with Crippen LogP contribution in [0.4, 0.5) is 0 Å². The number of rotatable bonds is 0. The zero-order valence-electron chi connectivity index (χ0n) is 17.7. The minimum absolute atomic E-state index is 0. The number of ketones is 1. The van der Waals surface area contributed by atoms with Crippen molar-refractivity contribution in [3.63, 3.8) is 0 Å².